The van der Waals surface area contributed by atoms with Gasteiger partial charge in [-0.05, 0) is 47.0 Å². The third-order valence-corrected chi connectivity index (χ3v) is 6.98. The van der Waals surface area contributed by atoms with Crippen molar-refractivity contribution in [2.45, 2.75) is 6.04 Å². The maximum absolute atomic E-state index is 13.4. The van der Waals surface area contributed by atoms with E-state index in [2.05, 4.69) is 22.0 Å². The highest BCUT2D eigenvalue weighted by atomic mass is 79.9. The van der Waals surface area contributed by atoms with Crippen molar-refractivity contribution in [2.75, 3.05) is 0 Å². The molecule has 0 spiro atoms. The maximum Gasteiger partial charge on any atom is 0.271 e. The van der Waals surface area contributed by atoms with E-state index in [0.29, 0.717) is 14.4 Å². The molecule has 31 heavy (non-hydrogen) atoms. The van der Waals surface area contributed by atoms with Crippen LogP contribution in [0.15, 0.2) is 99.2 Å². The molecule has 0 aliphatic carbocycles. The van der Waals surface area contributed by atoms with Crippen molar-refractivity contribution in [3.05, 3.63) is 131 Å². The summed E-state index contributed by atoms with van der Waals surface area (Å²) in [5, 5.41) is 0.614. The molecule has 0 amide bonds. The van der Waals surface area contributed by atoms with E-state index in [-0.39, 0.29) is 11.6 Å². The van der Waals surface area contributed by atoms with E-state index < -0.39 is 0 Å². The zero-order chi connectivity index (χ0) is 21.4. The van der Waals surface area contributed by atoms with Crippen LogP contribution in [0.25, 0.3) is 11.8 Å². The van der Waals surface area contributed by atoms with Crippen LogP contribution < -0.4 is 14.9 Å². The summed E-state index contributed by atoms with van der Waals surface area (Å²) in [6.45, 7) is 0. The molecule has 4 aromatic rings. The molecule has 0 fully saturated rings. The minimum atomic E-state index is -0.243. The van der Waals surface area contributed by atoms with Gasteiger partial charge in [0.05, 0.1) is 16.3 Å². The molecule has 3 aromatic carbocycles. The lowest BCUT2D eigenvalue weighted by atomic mass is 10.0. The second-order valence-corrected chi connectivity index (χ2v) is 9.45. The van der Waals surface area contributed by atoms with Crippen LogP contribution in [0.4, 0.5) is 0 Å². The Bertz CT molecular complexity index is 1470. The fourth-order valence-corrected chi connectivity index (χ4v) is 5.04. The van der Waals surface area contributed by atoms with Gasteiger partial charge < -0.3 is 0 Å². The number of rotatable bonds is 3. The van der Waals surface area contributed by atoms with Crippen molar-refractivity contribution in [1.29, 1.82) is 0 Å². The molecule has 0 radical (unpaired) electrons. The molecule has 2 heterocycles. The van der Waals surface area contributed by atoms with Crippen molar-refractivity contribution >= 4 is 50.6 Å². The number of fused-ring (bicyclic) bond motifs is 1. The van der Waals surface area contributed by atoms with E-state index in [1.54, 1.807) is 4.57 Å². The van der Waals surface area contributed by atoms with Crippen molar-refractivity contribution in [1.82, 2.24) is 4.57 Å². The first-order valence-corrected chi connectivity index (χ1v) is 11.7. The van der Waals surface area contributed by atoms with E-state index in [1.807, 2.05) is 84.9 Å². The summed E-state index contributed by atoms with van der Waals surface area (Å²) in [5.74, 6) is 0. The van der Waals surface area contributed by atoms with Crippen LogP contribution in [0.2, 0.25) is 5.02 Å². The molecule has 152 valence electrons. The molecule has 3 nitrogen and oxygen atoms in total. The van der Waals surface area contributed by atoms with E-state index in [0.717, 1.165) is 26.9 Å². The Balaban J connectivity index is 1.75. The summed E-state index contributed by atoms with van der Waals surface area (Å²) in [7, 11) is 0. The van der Waals surface area contributed by atoms with Crippen LogP contribution in [0.1, 0.15) is 22.7 Å². The third-order valence-electron chi connectivity index (χ3n) is 5.12. The second kappa shape index (κ2) is 8.42. The number of hydrogen-bond acceptors (Lipinski definition) is 3. The van der Waals surface area contributed by atoms with Gasteiger partial charge in [-0.2, -0.15) is 0 Å². The summed E-state index contributed by atoms with van der Waals surface area (Å²) in [6, 6.07) is 25.4. The first-order chi connectivity index (χ1) is 15.1. The lowest BCUT2D eigenvalue weighted by Crippen LogP contribution is -2.36. The van der Waals surface area contributed by atoms with Gasteiger partial charge in [0.1, 0.15) is 0 Å². The molecule has 1 unspecified atom stereocenters. The van der Waals surface area contributed by atoms with Crippen LogP contribution in [0.3, 0.4) is 0 Å². The maximum atomic E-state index is 13.4. The Kier molecular flexibility index (Phi) is 5.48. The largest absolute Gasteiger partial charge is 0.272 e. The molecule has 0 N–H and O–H groups in total. The molecular weight excluding hydrogens is 492 g/mol. The smallest absolute Gasteiger partial charge is 0.271 e. The minimum absolute atomic E-state index is 0.0695. The number of allylic oxidation sites excluding steroid dienone is 1. The number of thiazole rings is 1. The van der Waals surface area contributed by atoms with Gasteiger partial charge >= 0.3 is 0 Å². The van der Waals surface area contributed by atoms with Crippen LogP contribution in [0.5, 0.6) is 0 Å². The SMILES string of the molecule is O=c1c(=Cc2ccccc2Cl)sc2n1C(c1ccc(Br)cc1)C=C(c1ccccc1)N=2. The lowest BCUT2D eigenvalue weighted by Gasteiger charge is -2.19. The molecule has 1 aliphatic heterocycles. The van der Waals surface area contributed by atoms with Gasteiger partial charge in [0, 0.05) is 9.50 Å². The zero-order valence-electron chi connectivity index (χ0n) is 16.2. The molecule has 0 saturated heterocycles. The Morgan fingerprint density at radius 2 is 1.68 bits per heavy atom. The highest BCUT2D eigenvalue weighted by molar-refractivity contribution is 9.10. The Labute approximate surface area is 196 Å². The predicted octanol–water partition coefficient (Wildman–Crippen LogP) is 5.42. The molecule has 0 bridgehead atoms. The summed E-state index contributed by atoms with van der Waals surface area (Å²) < 4.78 is 3.37. The highest BCUT2D eigenvalue weighted by Gasteiger charge is 2.22. The zero-order valence-corrected chi connectivity index (χ0v) is 19.4. The fraction of sp³-hybridized carbons (Fsp3) is 0.0400. The van der Waals surface area contributed by atoms with Crippen LogP contribution in [-0.2, 0) is 0 Å². The van der Waals surface area contributed by atoms with Crippen molar-refractivity contribution < 1.29 is 0 Å². The van der Waals surface area contributed by atoms with E-state index in [4.69, 9.17) is 16.6 Å². The van der Waals surface area contributed by atoms with Crippen LogP contribution >= 0.6 is 38.9 Å². The quantitative estimate of drug-likeness (QED) is 0.365. The third kappa shape index (κ3) is 3.97. The van der Waals surface area contributed by atoms with Gasteiger partial charge in [-0.25, -0.2) is 4.99 Å². The van der Waals surface area contributed by atoms with Gasteiger partial charge in [0.25, 0.3) is 5.56 Å². The van der Waals surface area contributed by atoms with Gasteiger partial charge in [-0.15, -0.1) is 0 Å². The Hall–Kier alpha value is -2.73. The van der Waals surface area contributed by atoms with E-state index >= 15 is 0 Å². The average molecular weight is 508 g/mol. The van der Waals surface area contributed by atoms with Gasteiger partial charge in [-0.1, -0.05) is 99.5 Å². The first kappa shape index (κ1) is 20.2. The van der Waals surface area contributed by atoms with Crippen molar-refractivity contribution in [3.63, 3.8) is 0 Å². The molecule has 0 saturated carbocycles. The number of aromatic nitrogens is 1. The number of halogens is 2. The van der Waals surface area contributed by atoms with Gasteiger partial charge in [0.2, 0.25) is 0 Å². The average Bonchev–Trinajstić information content (AvgIpc) is 3.11. The summed E-state index contributed by atoms with van der Waals surface area (Å²) in [5.41, 5.74) is 3.65. The topological polar surface area (TPSA) is 34.4 Å². The van der Waals surface area contributed by atoms with E-state index in [9.17, 15) is 4.79 Å². The molecule has 1 atom stereocenters. The Morgan fingerprint density at radius 1 is 0.968 bits per heavy atom. The molecular formula is C25H16BrClN2OS. The summed E-state index contributed by atoms with van der Waals surface area (Å²) >= 11 is 11.2. The summed E-state index contributed by atoms with van der Waals surface area (Å²) in [4.78, 5) is 18.9. The first-order valence-electron chi connectivity index (χ1n) is 9.69. The van der Waals surface area contributed by atoms with Crippen molar-refractivity contribution in [2.24, 2.45) is 4.99 Å². The second-order valence-electron chi connectivity index (χ2n) is 7.12. The molecule has 1 aliphatic rings. The van der Waals surface area contributed by atoms with E-state index in [1.165, 1.54) is 11.3 Å². The minimum Gasteiger partial charge on any atom is -0.272 e. The molecule has 1 aromatic heterocycles. The highest BCUT2D eigenvalue weighted by Crippen LogP contribution is 2.27. The fourth-order valence-electron chi connectivity index (χ4n) is 3.58. The predicted molar refractivity (Wildman–Crippen MR) is 131 cm³/mol. The van der Waals surface area contributed by atoms with Crippen molar-refractivity contribution in [3.8, 4) is 0 Å². The normalized spacial score (nSPS) is 15.9. The summed E-state index contributed by atoms with van der Waals surface area (Å²) in [6.07, 6.45) is 3.90. The molecule has 5 rings (SSSR count). The Morgan fingerprint density at radius 3 is 2.42 bits per heavy atom. The number of nitrogens with zero attached hydrogens (tertiary/aromatic N) is 2. The van der Waals surface area contributed by atoms with Gasteiger partial charge in [0.15, 0.2) is 4.80 Å². The lowest BCUT2D eigenvalue weighted by molar-refractivity contribution is 0.644. The van der Waals surface area contributed by atoms with Crippen LogP contribution in [-0.4, -0.2) is 4.57 Å². The monoisotopic (exact) mass is 506 g/mol. The number of benzene rings is 3. The van der Waals surface area contributed by atoms with Crippen LogP contribution in [0, 0.1) is 0 Å². The number of hydrogen-bond donors (Lipinski definition) is 0. The molecule has 6 heteroatoms. The standard InChI is InChI=1S/C25H16BrClN2OS/c26-19-12-10-17(11-13-19)22-15-21(16-6-2-1-3-7-16)28-25-29(22)24(30)23(31-25)14-18-8-4-5-9-20(18)27/h1-15,22H. The van der Waals surface area contributed by atoms with Gasteiger partial charge in [-0.3, -0.25) is 9.36 Å².